The molecule has 2 aromatic carbocycles. The summed E-state index contributed by atoms with van der Waals surface area (Å²) in [6.45, 7) is 3.74. The first-order valence-corrected chi connectivity index (χ1v) is 6.73. The largest absolute Gasteiger partial charge is 0.287 e. The average Bonchev–Trinajstić information content (AvgIpc) is 2.49. The van der Waals surface area contributed by atoms with Crippen molar-refractivity contribution in [1.29, 1.82) is 0 Å². The van der Waals surface area contributed by atoms with Crippen LogP contribution < -0.4 is 0 Å². The van der Waals surface area contributed by atoms with E-state index in [4.69, 9.17) is 0 Å². The number of nitrogens with zero attached hydrogens (tertiary/aromatic N) is 1. The number of ketones is 1. The number of aromatic nitrogens is 1. The molecule has 1 aromatic heterocycles. The van der Waals surface area contributed by atoms with Crippen molar-refractivity contribution in [2.24, 2.45) is 0 Å². The molecule has 0 saturated carbocycles. The van der Waals surface area contributed by atoms with Crippen LogP contribution in [0.15, 0.2) is 48.5 Å². The van der Waals surface area contributed by atoms with Crippen molar-refractivity contribution >= 4 is 16.7 Å². The molecule has 3 rings (SSSR count). The average molecular weight is 279 g/mol. The van der Waals surface area contributed by atoms with Gasteiger partial charge in [0.15, 0.2) is 0 Å². The summed E-state index contributed by atoms with van der Waals surface area (Å²) in [5, 5.41) is 1.02. The number of carbonyl (C=O) groups excluding carboxylic acids is 1. The number of aryl methyl sites for hydroxylation is 2. The first kappa shape index (κ1) is 13.4. The minimum atomic E-state index is -0.415. The normalized spacial score (nSPS) is 10.8. The van der Waals surface area contributed by atoms with Gasteiger partial charge in [-0.2, -0.15) is 0 Å². The summed E-state index contributed by atoms with van der Waals surface area (Å²) in [6, 6.07) is 13.7. The maximum atomic E-state index is 13.4. The molecule has 0 aliphatic carbocycles. The molecule has 0 unspecified atom stereocenters. The number of hydrogen-bond donors (Lipinski definition) is 0. The number of rotatable bonds is 2. The summed E-state index contributed by atoms with van der Waals surface area (Å²) in [5.74, 6) is -0.665. The molecule has 0 amide bonds. The summed E-state index contributed by atoms with van der Waals surface area (Å²) in [5.41, 5.74) is 3.21. The quantitative estimate of drug-likeness (QED) is 0.657. The summed E-state index contributed by atoms with van der Waals surface area (Å²) in [4.78, 5) is 17.0. The Morgan fingerprint density at radius 2 is 1.76 bits per heavy atom. The van der Waals surface area contributed by atoms with Crippen LogP contribution in [-0.4, -0.2) is 10.8 Å². The van der Waals surface area contributed by atoms with Gasteiger partial charge in [0.05, 0.1) is 5.52 Å². The van der Waals surface area contributed by atoms with Crippen molar-refractivity contribution < 1.29 is 9.18 Å². The van der Waals surface area contributed by atoms with Gasteiger partial charge in [0.2, 0.25) is 5.78 Å². The van der Waals surface area contributed by atoms with E-state index in [2.05, 4.69) is 4.98 Å². The molecule has 0 bridgehead atoms. The number of hydrogen-bond acceptors (Lipinski definition) is 2. The smallest absolute Gasteiger partial charge is 0.211 e. The molecule has 0 atom stereocenters. The third kappa shape index (κ3) is 2.42. The number of fused-ring (bicyclic) bond motifs is 1. The molecule has 3 aromatic rings. The topological polar surface area (TPSA) is 30.0 Å². The van der Waals surface area contributed by atoms with E-state index < -0.39 is 5.82 Å². The summed E-state index contributed by atoms with van der Waals surface area (Å²) in [6.07, 6.45) is 0. The van der Waals surface area contributed by atoms with E-state index in [1.54, 1.807) is 19.1 Å². The number of carbonyl (C=O) groups is 1. The van der Waals surface area contributed by atoms with Crippen molar-refractivity contribution in [2.75, 3.05) is 0 Å². The Morgan fingerprint density at radius 1 is 1.00 bits per heavy atom. The van der Waals surface area contributed by atoms with Crippen LogP contribution in [0.3, 0.4) is 0 Å². The van der Waals surface area contributed by atoms with Crippen molar-refractivity contribution in [3.8, 4) is 0 Å². The molecule has 0 fully saturated rings. The van der Waals surface area contributed by atoms with E-state index >= 15 is 0 Å². The third-order valence-electron chi connectivity index (χ3n) is 3.60. The van der Waals surface area contributed by atoms with Crippen LogP contribution in [0.1, 0.15) is 27.2 Å². The van der Waals surface area contributed by atoms with Crippen LogP contribution in [0.5, 0.6) is 0 Å². The van der Waals surface area contributed by atoms with E-state index in [-0.39, 0.29) is 5.78 Å². The molecule has 3 heteroatoms. The zero-order valence-electron chi connectivity index (χ0n) is 11.9. The van der Waals surface area contributed by atoms with E-state index in [1.807, 2.05) is 31.2 Å². The summed E-state index contributed by atoms with van der Waals surface area (Å²) in [7, 11) is 0. The van der Waals surface area contributed by atoms with E-state index in [0.29, 0.717) is 11.3 Å². The Hall–Kier alpha value is -2.55. The van der Waals surface area contributed by atoms with Gasteiger partial charge in [0.25, 0.3) is 0 Å². The number of halogens is 1. The second-order valence-corrected chi connectivity index (χ2v) is 5.13. The molecule has 0 N–H and O–H groups in total. The molecule has 0 spiro atoms. The molecule has 1 heterocycles. The Kier molecular flexibility index (Phi) is 3.26. The number of pyridine rings is 1. The lowest BCUT2D eigenvalue weighted by Crippen LogP contribution is -2.07. The van der Waals surface area contributed by atoms with Gasteiger partial charge in [-0.25, -0.2) is 9.37 Å². The van der Waals surface area contributed by atoms with Gasteiger partial charge in [-0.05, 0) is 49.2 Å². The minimum absolute atomic E-state index is 0.249. The predicted molar refractivity (Wildman–Crippen MR) is 81.0 cm³/mol. The molecular weight excluding hydrogens is 265 g/mol. The Labute approximate surface area is 122 Å². The Bertz CT molecular complexity index is 855. The van der Waals surface area contributed by atoms with Gasteiger partial charge in [-0.3, -0.25) is 4.79 Å². The van der Waals surface area contributed by atoms with Gasteiger partial charge in [-0.1, -0.05) is 24.3 Å². The van der Waals surface area contributed by atoms with Crippen molar-refractivity contribution in [1.82, 2.24) is 4.98 Å². The fraction of sp³-hybridized carbons (Fsp3) is 0.111. The van der Waals surface area contributed by atoms with E-state index in [9.17, 15) is 9.18 Å². The molecule has 104 valence electrons. The van der Waals surface area contributed by atoms with Crippen molar-refractivity contribution in [3.05, 3.63) is 76.7 Å². The Morgan fingerprint density at radius 3 is 2.57 bits per heavy atom. The molecule has 2 nitrogen and oxygen atoms in total. The molecule has 21 heavy (non-hydrogen) atoms. The first-order chi connectivity index (χ1) is 10.1. The van der Waals surface area contributed by atoms with Crippen molar-refractivity contribution in [3.63, 3.8) is 0 Å². The monoisotopic (exact) mass is 279 g/mol. The SMILES string of the molecule is Cc1ccc(F)cc1C(=O)c1cc(C)c2ccccc2n1. The Balaban J connectivity index is 2.16. The zero-order chi connectivity index (χ0) is 15.0. The van der Waals surface area contributed by atoms with Crippen molar-refractivity contribution in [2.45, 2.75) is 13.8 Å². The highest BCUT2D eigenvalue weighted by molar-refractivity contribution is 6.09. The van der Waals surface area contributed by atoms with E-state index in [0.717, 1.165) is 22.0 Å². The van der Waals surface area contributed by atoms with Gasteiger partial charge >= 0.3 is 0 Å². The van der Waals surface area contributed by atoms with Crippen LogP contribution in [-0.2, 0) is 0 Å². The zero-order valence-corrected chi connectivity index (χ0v) is 11.9. The summed E-state index contributed by atoms with van der Waals surface area (Å²) >= 11 is 0. The second-order valence-electron chi connectivity index (χ2n) is 5.13. The highest BCUT2D eigenvalue weighted by atomic mass is 19.1. The highest BCUT2D eigenvalue weighted by Gasteiger charge is 2.15. The van der Waals surface area contributed by atoms with Crippen LogP contribution >= 0.6 is 0 Å². The minimum Gasteiger partial charge on any atom is -0.287 e. The lowest BCUT2D eigenvalue weighted by molar-refractivity contribution is 0.103. The molecule has 0 radical (unpaired) electrons. The van der Waals surface area contributed by atoms with E-state index in [1.165, 1.54) is 12.1 Å². The number of para-hydroxylation sites is 1. The van der Waals surface area contributed by atoms with Gasteiger partial charge < -0.3 is 0 Å². The van der Waals surface area contributed by atoms with Crippen LogP contribution in [0.25, 0.3) is 10.9 Å². The van der Waals surface area contributed by atoms with Crippen LogP contribution in [0, 0.1) is 19.7 Å². The fourth-order valence-electron chi connectivity index (χ4n) is 2.44. The lowest BCUT2D eigenvalue weighted by Gasteiger charge is -2.08. The lowest BCUT2D eigenvalue weighted by atomic mass is 10.00. The molecule has 0 saturated heterocycles. The maximum absolute atomic E-state index is 13.4. The second kappa shape index (κ2) is 5.09. The van der Waals surface area contributed by atoms with Crippen LogP contribution in [0.4, 0.5) is 4.39 Å². The first-order valence-electron chi connectivity index (χ1n) is 6.73. The molecule has 0 aliphatic heterocycles. The molecular formula is C18H14FNO. The maximum Gasteiger partial charge on any atom is 0.211 e. The van der Waals surface area contributed by atoms with Gasteiger partial charge in [-0.15, -0.1) is 0 Å². The highest BCUT2D eigenvalue weighted by Crippen LogP contribution is 2.20. The fourth-order valence-corrected chi connectivity index (χ4v) is 2.44. The molecule has 0 aliphatic rings. The third-order valence-corrected chi connectivity index (χ3v) is 3.60. The predicted octanol–water partition coefficient (Wildman–Crippen LogP) is 4.22. The number of benzene rings is 2. The summed E-state index contributed by atoms with van der Waals surface area (Å²) < 4.78 is 13.4. The van der Waals surface area contributed by atoms with Gasteiger partial charge in [0, 0.05) is 10.9 Å². The van der Waals surface area contributed by atoms with Crippen LogP contribution in [0.2, 0.25) is 0 Å². The van der Waals surface area contributed by atoms with Gasteiger partial charge in [0.1, 0.15) is 11.5 Å². The standard InChI is InChI=1S/C18H14FNO/c1-11-7-8-13(19)10-15(11)18(21)17-9-12(2)14-5-3-4-6-16(14)20-17/h3-10H,1-2H3.